The minimum atomic E-state index is -0.171. The molecule has 0 saturated heterocycles. The van der Waals surface area contributed by atoms with E-state index in [0.717, 1.165) is 23.1 Å². The van der Waals surface area contributed by atoms with Gasteiger partial charge in [0.05, 0.1) is 31.5 Å². The highest BCUT2D eigenvalue weighted by Crippen LogP contribution is 2.23. The molecule has 0 amide bonds. The van der Waals surface area contributed by atoms with E-state index in [0.29, 0.717) is 26.0 Å². The van der Waals surface area contributed by atoms with Crippen LogP contribution in [0, 0.1) is 0 Å². The van der Waals surface area contributed by atoms with Gasteiger partial charge in [-0.1, -0.05) is 0 Å². The number of rotatable bonds is 8. The molecule has 0 spiro atoms. The average Bonchev–Trinajstić information content (AvgIpc) is 3.14. The van der Waals surface area contributed by atoms with Crippen molar-refractivity contribution in [1.29, 1.82) is 0 Å². The maximum absolute atomic E-state index is 11.4. The molecule has 6 heteroatoms. The maximum Gasteiger partial charge on any atom is 0.306 e. The van der Waals surface area contributed by atoms with E-state index in [9.17, 15) is 4.79 Å². The quantitative estimate of drug-likeness (QED) is 0.701. The Balaban J connectivity index is 1.92. The highest BCUT2D eigenvalue weighted by molar-refractivity contribution is 7.13. The number of thiazole rings is 1. The van der Waals surface area contributed by atoms with Crippen LogP contribution in [0.4, 0.5) is 5.13 Å². The maximum atomic E-state index is 11.4. The summed E-state index contributed by atoms with van der Waals surface area (Å²) < 4.78 is 10.3. The standard InChI is InChI=1S/C15H20N2O3S/c1-3-17(10-13-6-5-9-20-13)15-16-12(11-21-15)7-8-14(18)19-4-2/h5-6,9,11H,3-4,7-8,10H2,1-2H3. The van der Waals surface area contributed by atoms with Gasteiger partial charge in [0, 0.05) is 18.3 Å². The van der Waals surface area contributed by atoms with Crippen LogP contribution in [0.25, 0.3) is 0 Å². The van der Waals surface area contributed by atoms with Gasteiger partial charge in [0.15, 0.2) is 5.13 Å². The lowest BCUT2D eigenvalue weighted by atomic mass is 10.2. The highest BCUT2D eigenvalue weighted by atomic mass is 32.1. The molecule has 0 atom stereocenters. The Hall–Kier alpha value is -1.82. The second-order valence-corrected chi connectivity index (χ2v) is 5.36. The van der Waals surface area contributed by atoms with Gasteiger partial charge < -0.3 is 14.1 Å². The molecule has 21 heavy (non-hydrogen) atoms. The number of esters is 1. The molecule has 0 radical (unpaired) electrons. The summed E-state index contributed by atoms with van der Waals surface area (Å²) in [5.74, 6) is 0.745. The van der Waals surface area contributed by atoms with Crippen molar-refractivity contribution in [1.82, 2.24) is 4.98 Å². The summed E-state index contributed by atoms with van der Waals surface area (Å²) in [6.07, 6.45) is 2.67. The van der Waals surface area contributed by atoms with Gasteiger partial charge in [-0.25, -0.2) is 4.98 Å². The third-order valence-corrected chi connectivity index (χ3v) is 3.96. The van der Waals surface area contributed by atoms with E-state index < -0.39 is 0 Å². The molecular weight excluding hydrogens is 288 g/mol. The number of hydrogen-bond acceptors (Lipinski definition) is 6. The Kier molecular flexibility index (Phi) is 5.80. The monoisotopic (exact) mass is 308 g/mol. The van der Waals surface area contributed by atoms with Crippen LogP contribution in [0.3, 0.4) is 0 Å². The molecular formula is C15H20N2O3S. The van der Waals surface area contributed by atoms with Crippen molar-refractivity contribution in [2.75, 3.05) is 18.1 Å². The number of ether oxygens (including phenoxy) is 1. The Morgan fingerprint density at radius 1 is 1.48 bits per heavy atom. The number of hydrogen-bond donors (Lipinski definition) is 0. The van der Waals surface area contributed by atoms with Crippen LogP contribution in [0.1, 0.15) is 31.7 Å². The molecule has 2 aromatic heterocycles. The second-order valence-electron chi connectivity index (χ2n) is 4.52. The number of carbonyl (C=O) groups is 1. The van der Waals surface area contributed by atoms with Crippen molar-refractivity contribution in [3.05, 3.63) is 35.2 Å². The van der Waals surface area contributed by atoms with Crippen LogP contribution in [0.5, 0.6) is 0 Å². The zero-order valence-electron chi connectivity index (χ0n) is 12.4. The second kappa shape index (κ2) is 7.83. The average molecular weight is 308 g/mol. The topological polar surface area (TPSA) is 55.6 Å². The van der Waals surface area contributed by atoms with E-state index in [-0.39, 0.29) is 5.97 Å². The Morgan fingerprint density at radius 2 is 2.33 bits per heavy atom. The normalized spacial score (nSPS) is 10.6. The SMILES string of the molecule is CCOC(=O)CCc1csc(N(CC)Cc2ccco2)n1. The zero-order chi connectivity index (χ0) is 15.1. The fourth-order valence-corrected chi connectivity index (χ4v) is 2.85. The first-order valence-corrected chi connectivity index (χ1v) is 7.98. The van der Waals surface area contributed by atoms with Crippen LogP contribution in [0.2, 0.25) is 0 Å². The van der Waals surface area contributed by atoms with E-state index in [1.807, 2.05) is 24.4 Å². The van der Waals surface area contributed by atoms with E-state index in [1.54, 1.807) is 17.6 Å². The summed E-state index contributed by atoms with van der Waals surface area (Å²) >= 11 is 1.59. The highest BCUT2D eigenvalue weighted by Gasteiger charge is 2.12. The minimum Gasteiger partial charge on any atom is -0.467 e. The van der Waals surface area contributed by atoms with E-state index in [2.05, 4.69) is 16.8 Å². The number of aryl methyl sites for hydroxylation is 1. The number of nitrogens with zero attached hydrogens (tertiary/aromatic N) is 2. The van der Waals surface area contributed by atoms with E-state index in [4.69, 9.17) is 9.15 Å². The Bertz CT molecular complexity index is 551. The first kappa shape index (κ1) is 15.6. The molecule has 0 aromatic carbocycles. The molecule has 2 aromatic rings. The van der Waals surface area contributed by atoms with Crippen molar-refractivity contribution < 1.29 is 13.9 Å². The summed E-state index contributed by atoms with van der Waals surface area (Å²) in [7, 11) is 0. The lowest BCUT2D eigenvalue weighted by Crippen LogP contribution is -2.21. The summed E-state index contributed by atoms with van der Waals surface area (Å²) in [6.45, 7) is 5.88. The van der Waals surface area contributed by atoms with Crippen LogP contribution < -0.4 is 4.90 Å². The van der Waals surface area contributed by atoms with Gasteiger partial charge in [0.1, 0.15) is 5.76 Å². The molecule has 5 nitrogen and oxygen atoms in total. The predicted molar refractivity (Wildman–Crippen MR) is 82.5 cm³/mol. The van der Waals surface area contributed by atoms with Gasteiger partial charge in [0.25, 0.3) is 0 Å². The van der Waals surface area contributed by atoms with Crippen molar-refractivity contribution >= 4 is 22.4 Å². The fraction of sp³-hybridized carbons (Fsp3) is 0.467. The van der Waals surface area contributed by atoms with E-state index >= 15 is 0 Å². The number of furan rings is 1. The first-order chi connectivity index (χ1) is 10.2. The van der Waals surface area contributed by atoms with Crippen molar-refractivity contribution in [3.63, 3.8) is 0 Å². The minimum absolute atomic E-state index is 0.171. The first-order valence-electron chi connectivity index (χ1n) is 7.10. The molecule has 2 heterocycles. The van der Waals surface area contributed by atoms with Crippen LogP contribution in [-0.2, 0) is 22.5 Å². The van der Waals surface area contributed by atoms with Gasteiger partial charge >= 0.3 is 5.97 Å². The summed E-state index contributed by atoms with van der Waals surface area (Å²) in [5.41, 5.74) is 0.931. The van der Waals surface area contributed by atoms with Gasteiger partial charge in [-0.15, -0.1) is 11.3 Å². The number of aromatic nitrogens is 1. The smallest absolute Gasteiger partial charge is 0.306 e. The van der Waals surface area contributed by atoms with Gasteiger partial charge in [0.2, 0.25) is 0 Å². The molecule has 114 valence electrons. The van der Waals surface area contributed by atoms with Crippen molar-refractivity contribution in [2.24, 2.45) is 0 Å². The number of carbonyl (C=O) groups excluding carboxylic acids is 1. The third-order valence-electron chi connectivity index (χ3n) is 3.01. The predicted octanol–water partition coefficient (Wildman–Crippen LogP) is 3.26. The Morgan fingerprint density at radius 3 is 3.00 bits per heavy atom. The lowest BCUT2D eigenvalue weighted by Gasteiger charge is -2.18. The number of anilines is 1. The van der Waals surface area contributed by atoms with Gasteiger partial charge in [-0.05, 0) is 26.0 Å². The molecule has 0 saturated carbocycles. The van der Waals surface area contributed by atoms with Crippen LogP contribution in [0.15, 0.2) is 28.2 Å². The molecule has 0 N–H and O–H groups in total. The third kappa shape index (κ3) is 4.60. The van der Waals surface area contributed by atoms with Crippen molar-refractivity contribution in [2.45, 2.75) is 33.2 Å². The Labute approximate surface area is 128 Å². The van der Waals surface area contributed by atoms with E-state index in [1.165, 1.54) is 0 Å². The summed E-state index contributed by atoms with van der Waals surface area (Å²) in [6, 6.07) is 3.84. The molecule has 0 aliphatic heterocycles. The molecule has 0 aliphatic carbocycles. The molecule has 2 rings (SSSR count). The fourth-order valence-electron chi connectivity index (χ4n) is 1.92. The zero-order valence-corrected chi connectivity index (χ0v) is 13.2. The molecule has 0 fully saturated rings. The largest absolute Gasteiger partial charge is 0.467 e. The lowest BCUT2D eigenvalue weighted by molar-refractivity contribution is -0.143. The van der Waals surface area contributed by atoms with Gasteiger partial charge in [-0.2, -0.15) is 0 Å². The van der Waals surface area contributed by atoms with Crippen LogP contribution in [-0.4, -0.2) is 24.1 Å². The van der Waals surface area contributed by atoms with Crippen molar-refractivity contribution in [3.8, 4) is 0 Å². The van der Waals surface area contributed by atoms with Crippen LogP contribution >= 0.6 is 11.3 Å². The van der Waals surface area contributed by atoms with Gasteiger partial charge in [-0.3, -0.25) is 4.79 Å². The molecule has 0 bridgehead atoms. The molecule has 0 unspecified atom stereocenters. The summed E-state index contributed by atoms with van der Waals surface area (Å²) in [5, 5.41) is 2.95. The summed E-state index contributed by atoms with van der Waals surface area (Å²) in [4.78, 5) is 18.1. The molecule has 0 aliphatic rings.